The highest BCUT2D eigenvalue weighted by Gasteiger charge is 2.46. The van der Waals surface area contributed by atoms with Crippen LogP contribution in [0.2, 0.25) is 5.02 Å². The maximum absolute atomic E-state index is 12.0. The molecule has 0 aromatic heterocycles. The molecule has 1 atom stereocenters. The molecule has 1 aromatic carbocycles. The molecule has 1 saturated heterocycles. The van der Waals surface area contributed by atoms with Crippen molar-refractivity contribution in [3.05, 3.63) is 34.3 Å². The molecule has 3 amide bonds. The van der Waals surface area contributed by atoms with Gasteiger partial charge in [0.25, 0.3) is 0 Å². The van der Waals surface area contributed by atoms with E-state index in [2.05, 4.69) is 21.9 Å². The molecule has 3 N–H and O–H groups in total. The molecule has 1 aromatic rings. The van der Waals surface area contributed by atoms with Gasteiger partial charge in [-0.15, -0.1) is 0 Å². The van der Waals surface area contributed by atoms with Crippen LogP contribution in [-0.2, 0) is 14.3 Å². The molecule has 2 aliphatic rings. The summed E-state index contributed by atoms with van der Waals surface area (Å²) in [5.74, 6) is -2.27. The zero-order valence-electron chi connectivity index (χ0n) is 19.7. The molecule has 2 aliphatic heterocycles. The van der Waals surface area contributed by atoms with E-state index >= 15 is 0 Å². The SMILES string of the molecule is [2H]C([2H])([2H])NC(=O)C(=O)NC(C)CN1CCC2(CC1)OC(=O)NN=C2c1cc(C#N)ccc1Cl. The van der Waals surface area contributed by atoms with Crippen LogP contribution < -0.4 is 16.1 Å². The van der Waals surface area contributed by atoms with Crippen LogP contribution in [0, 0.1) is 11.3 Å². The second-order valence-corrected chi connectivity index (χ2v) is 7.80. The Hall–Kier alpha value is -3.16. The number of hydrazone groups is 1. The Morgan fingerprint density at radius 1 is 1.45 bits per heavy atom. The molecule has 1 fully saturated rings. The van der Waals surface area contributed by atoms with Crippen LogP contribution in [0.25, 0.3) is 0 Å². The Labute approximate surface area is 188 Å². The van der Waals surface area contributed by atoms with Crippen molar-refractivity contribution < 1.29 is 23.2 Å². The minimum atomic E-state index is -2.75. The van der Waals surface area contributed by atoms with Gasteiger partial charge in [-0.2, -0.15) is 10.4 Å². The van der Waals surface area contributed by atoms with Gasteiger partial charge in [0, 0.05) is 60.2 Å². The third kappa shape index (κ3) is 4.95. The number of carbonyl (C=O) groups excluding carboxylic acids is 3. The lowest BCUT2D eigenvalue weighted by Gasteiger charge is -2.43. The third-order valence-corrected chi connectivity index (χ3v) is 5.55. The predicted octanol–water partition coefficient (Wildman–Crippen LogP) is 0.741. The molecule has 1 unspecified atom stereocenters. The van der Waals surface area contributed by atoms with E-state index in [9.17, 15) is 19.6 Å². The quantitative estimate of drug-likeness (QED) is 0.580. The van der Waals surface area contributed by atoms with Crippen LogP contribution in [0.1, 0.15) is 35.0 Å². The summed E-state index contributed by atoms with van der Waals surface area (Å²) in [5, 5.41) is 17.9. The van der Waals surface area contributed by atoms with E-state index in [1.165, 1.54) is 0 Å². The van der Waals surface area contributed by atoms with E-state index in [1.807, 2.05) is 4.90 Å². The first kappa shape index (κ1) is 18.6. The lowest BCUT2D eigenvalue weighted by Crippen LogP contribution is -2.57. The number of rotatable bonds is 4. The van der Waals surface area contributed by atoms with Crippen molar-refractivity contribution in [2.24, 2.45) is 5.10 Å². The number of nitrogens with one attached hydrogen (secondary N) is 3. The van der Waals surface area contributed by atoms with Gasteiger partial charge in [-0.3, -0.25) is 9.59 Å². The van der Waals surface area contributed by atoms with E-state index in [-0.39, 0.29) is 0 Å². The standard InChI is InChI=1S/C20H23ClN6O4/c1-12(24-18(29)17(28)23-2)11-27-7-5-20(6-8-27)16(25-26-19(30)31-20)14-9-13(10-22)3-4-15(14)21/h3-4,9,12H,5-8,11H2,1-2H3,(H,23,28)(H,24,29)(H,26,30)/i2D3. The first-order valence-electron chi connectivity index (χ1n) is 11.0. The van der Waals surface area contributed by atoms with Crippen molar-refractivity contribution in [2.75, 3.05) is 26.6 Å². The smallest absolute Gasteiger partial charge is 0.428 e. The first-order chi connectivity index (χ1) is 15.9. The number of ether oxygens (including phenoxy) is 1. The van der Waals surface area contributed by atoms with Gasteiger partial charge in [-0.1, -0.05) is 11.6 Å². The van der Waals surface area contributed by atoms with Crippen molar-refractivity contribution in [1.29, 1.82) is 5.26 Å². The maximum atomic E-state index is 12.0. The van der Waals surface area contributed by atoms with Gasteiger partial charge in [0.05, 0.1) is 11.6 Å². The molecule has 11 heteroatoms. The van der Waals surface area contributed by atoms with E-state index < -0.39 is 36.5 Å². The summed E-state index contributed by atoms with van der Waals surface area (Å²) < 4.78 is 26.7. The largest absolute Gasteiger partial charge is 0.435 e. The van der Waals surface area contributed by atoms with Gasteiger partial charge in [0.15, 0.2) is 5.60 Å². The number of halogens is 1. The van der Waals surface area contributed by atoms with Crippen LogP contribution in [0.15, 0.2) is 23.3 Å². The average Bonchev–Trinajstić information content (AvgIpc) is 2.75. The highest BCUT2D eigenvalue weighted by atomic mass is 35.5. The fourth-order valence-electron chi connectivity index (χ4n) is 3.75. The fraction of sp³-hybridized carbons (Fsp3) is 0.450. The van der Waals surface area contributed by atoms with Crippen molar-refractivity contribution >= 4 is 35.2 Å². The second kappa shape index (κ2) is 9.32. The lowest BCUT2D eigenvalue weighted by atomic mass is 9.82. The molecule has 31 heavy (non-hydrogen) atoms. The van der Waals surface area contributed by atoms with E-state index in [0.717, 1.165) is 0 Å². The van der Waals surface area contributed by atoms with E-state index in [0.29, 0.717) is 54.3 Å². The van der Waals surface area contributed by atoms with Gasteiger partial charge in [-0.25, -0.2) is 10.2 Å². The number of likely N-dealkylation sites (tertiary alicyclic amines) is 1. The Balaban J connectivity index is 1.66. The summed E-state index contributed by atoms with van der Waals surface area (Å²) in [6.07, 6.45) is 0.0738. The summed E-state index contributed by atoms with van der Waals surface area (Å²) >= 11 is 6.36. The van der Waals surface area contributed by atoms with Crippen LogP contribution in [-0.4, -0.2) is 66.8 Å². The Kier molecular flexibility index (Phi) is 5.59. The molecule has 164 valence electrons. The topological polar surface area (TPSA) is 136 Å². The Morgan fingerprint density at radius 3 is 2.87 bits per heavy atom. The van der Waals surface area contributed by atoms with Crippen LogP contribution >= 0.6 is 11.6 Å². The molecule has 0 aliphatic carbocycles. The van der Waals surface area contributed by atoms with Gasteiger partial charge < -0.3 is 20.3 Å². The highest BCUT2D eigenvalue weighted by molar-refractivity contribution is 6.35. The average molecular weight is 450 g/mol. The minimum absolute atomic E-state index is 0.367. The molecule has 0 saturated carbocycles. The van der Waals surface area contributed by atoms with Gasteiger partial charge in [0.1, 0.15) is 5.71 Å². The van der Waals surface area contributed by atoms with Crippen molar-refractivity contribution in [2.45, 2.75) is 31.4 Å². The number of piperidine rings is 1. The molecule has 10 nitrogen and oxygen atoms in total. The van der Waals surface area contributed by atoms with E-state index in [4.69, 9.17) is 20.5 Å². The minimum Gasteiger partial charge on any atom is -0.435 e. The van der Waals surface area contributed by atoms with Gasteiger partial charge in [0.2, 0.25) is 0 Å². The molecular formula is C20H23ClN6O4. The van der Waals surface area contributed by atoms with Crippen molar-refractivity contribution in [1.82, 2.24) is 21.0 Å². The first-order valence-corrected chi connectivity index (χ1v) is 9.93. The number of hydrogen-bond donors (Lipinski definition) is 3. The summed E-state index contributed by atoms with van der Waals surface area (Å²) in [6, 6.07) is 6.37. The third-order valence-electron chi connectivity index (χ3n) is 5.22. The lowest BCUT2D eigenvalue weighted by molar-refractivity contribution is -0.139. The number of nitrogens with zero attached hydrogens (tertiary/aromatic N) is 3. The maximum Gasteiger partial charge on any atom is 0.428 e. The number of benzene rings is 1. The number of hydrogen-bond acceptors (Lipinski definition) is 7. The number of nitriles is 1. The molecule has 0 bridgehead atoms. The zero-order chi connectivity index (χ0) is 25.1. The number of amides is 3. The molecule has 2 heterocycles. The predicted molar refractivity (Wildman–Crippen MR) is 112 cm³/mol. The molecule has 1 spiro atoms. The summed E-state index contributed by atoms with van der Waals surface area (Å²) in [7, 11) is 0. The summed E-state index contributed by atoms with van der Waals surface area (Å²) in [5.41, 5.74) is 2.58. The molecule has 0 radical (unpaired) electrons. The van der Waals surface area contributed by atoms with Crippen LogP contribution in [0.3, 0.4) is 0 Å². The Morgan fingerprint density at radius 2 is 2.19 bits per heavy atom. The molecule has 3 rings (SSSR count). The zero-order valence-corrected chi connectivity index (χ0v) is 17.5. The molecular weight excluding hydrogens is 424 g/mol. The van der Waals surface area contributed by atoms with Gasteiger partial charge >= 0.3 is 17.9 Å². The fourth-order valence-corrected chi connectivity index (χ4v) is 3.96. The normalized spacial score (nSPS) is 20.6. The van der Waals surface area contributed by atoms with Crippen molar-refractivity contribution in [3.8, 4) is 6.07 Å². The van der Waals surface area contributed by atoms with E-state index in [1.54, 1.807) is 30.4 Å². The van der Waals surface area contributed by atoms with Gasteiger partial charge in [-0.05, 0) is 25.1 Å². The van der Waals surface area contributed by atoms with Crippen LogP contribution in [0.5, 0.6) is 0 Å². The summed E-state index contributed by atoms with van der Waals surface area (Å²) in [6.45, 7) is 0.273. The number of likely N-dealkylation sites (N-methyl/N-ethyl adjacent to an activating group) is 1. The second-order valence-electron chi connectivity index (χ2n) is 7.39. The Bertz CT molecular complexity index is 1060. The summed E-state index contributed by atoms with van der Waals surface area (Å²) in [4.78, 5) is 37.6. The number of carbonyl (C=O) groups is 3. The highest BCUT2D eigenvalue weighted by Crippen LogP contribution is 2.35. The monoisotopic (exact) mass is 449 g/mol. The van der Waals surface area contributed by atoms with Crippen molar-refractivity contribution in [3.63, 3.8) is 0 Å². The van der Waals surface area contributed by atoms with Crippen LogP contribution in [0.4, 0.5) is 4.79 Å².